The van der Waals surface area contributed by atoms with Gasteiger partial charge < -0.3 is 25.0 Å². The monoisotopic (exact) mass is 444 g/mol. The van der Waals surface area contributed by atoms with Gasteiger partial charge in [0.2, 0.25) is 0 Å². The van der Waals surface area contributed by atoms with E-state index in [9.17, 15) is 0 Å². The molecule has 0 rings (SSSR count). The molecule has 2 N–H and O–H groups in total. The first-order valence-corrected chi connectivity index (χ1v) is 8.52. The molecule has 0 heterocycles. The number of unbranched alkanes of at least 4 members (excludes halogenated alkanes) is 1. The number of ether oxygens (including phenoxy) is 2. The Labute approximate surface area is 159 Å². The number of likely N-dealkylation sites (N-methyl/N-ethyl adjacent to an activating group) is 1. The van der Waals surface area contributed by atoms with Gasteiger partial charge in [-0.05, 0) is 33.4 Å². The van der Waals surface area contributed by atoms with E-state index >= 15 is 0 Å². The summed E-state index contributed by atoms with van der Waals surface area (Å²) in [5.74, 6) is 0.892. The molecule has 0 aliphatic rings. The summed E-state index contributed by atoms with van der Waals surface area (Å²) in [6.07, 6.45) is 3.43. The van der Waals surface area contributed by atoms with Crippen molar-refractivity contribution < 1.29 is 9.47 Å². The van der Waals surface area contributed by atoms with Crippen molar-refractivity contribution in [2.45, 2.75) is 33.1 Å². The van der Waals surface area contributed by atoms with Crippen molar-refractivity contribution in [1.29, 1.82) is 0 Å². The molecule has 0 fully saturated rings. The maximum atomic E-state index is 5.42. The van der Waals surface area contributed by atoms with Crippen LogP contribution in [-0.4, -0.2) is 77.6 Å². The molecular weight excluding hydrogens is 407 g/mol. The Hall–Kier alpha value is -0.120. The van der Waals surface area contributed by atoms with Crippen molar-refractivity contribution >= 4 is 29.9 Å². The van der Waals surface area contributed by atoms with Gasteiger partial charge in [0.15, 0.2) is 5.96 Å². The van der Waals surface area contributed by atoms with Crippen molar-refractivity contribution in [2.75, 3.05) is 66.7 Å². The Bertz CT molecular complexity index is 268. The lowest BCUT2D eigenvalue weighted by Crippen LogP contribution is -2.41. The van der Waals surface area contributed by atoms with Gasteiger partial charge in [-0.1, -0.05) is 13.3 Å². The highest BCUT2D eigenvalue weighted by molar-refractivity contribution is 14.0. The SMILES string of the molecule is CCCCN(C)CCNC(=NCCCOCCOC)NCC.I. The second kappa shape index (κ2) is 19.9. The average Bonchev–Trinajstić information content (AvgIpc) is 2.52. The van der Waals surface area contributed by atoms with E-state index < -0.39 is 0 Å². The van der Waals surface area contributed by atoms with Crippen LogP contribution in [0, 0.1) is 0 Å². The quantitative estimate of drug-likeness (QED) is 0.186. The van der Waals surface area contributed by atoms with Crippen LogP contribution in [0.5, 0.6) is 0 Å². The molecule has 140 valence electrons. The van der Waals surface area contributed by atoms with E-state index in [1.165, 1.54) is 12.8 Å². The lowest BCUT2D eigenvalue weighted by atomic mass is 10.3. The van der Waals surface area contributed by atoms with Crippen LogP contribution < -0.4 is 10.6 Å². The van der Waals surface area contributed by atoms with Crippen LogP contribution in [0.1, 0.15) is 33.1 Å². The number of rotatable bonds is 14. The van der Waals surface area contributed by atoms with E-state index in [1.807, 2.05) is 0 Å². The summed E-state index contributed by atoms with van der Waals surface area (Å²) in [5.41, 5.74) is 0. The zero-order valence-electron chi connectivity index (χ0n) is 15.4. The predicted octanol–water partition coefficient (Wildman–Crippen LogP) is 1.94. The Balaban J connectivity index is 0. The van der Waals surface area contributed by atoms with Crippen LogP contribution in [0.25, 0.3) is 0 Å². The highest BCUT2D eigenvalue weighted by Crippen LogP contribution is 1.90. The zero-order chi connectivity index (χ0) is 16.5. The van der Waals surface area contributed by atoms with Crippen molar-refractivity contribution in [3.63, 3.8) is 0 Å². The van der Waals surface area contributed by atoms with Gasteiger partial charge in [0.25, 0.3) is 0 Å². The molecule has 0 aromatic rings. The summed E-state index contributed by atoms with van der Waals surface area (Å²) >= 11 is 0. The summed E-state index contributed by atoms with van der Waals surface area (Å²) < 4.78 is 10.4. The van der Waals surface area contributed by atoms with Crippen LogP contribution >= 0.6 is 24.0 Å². The molecule has 0 aromatic carbocycles. The summed E-state index contributed by atoms with van der Waals surface area (Å²) in [6.45, 7) is 11.1. The Morgan fingerprint density at radius 2 is 1.83 bits per heavy atom. The summed E-state index contributed by atoms with van der Waals surface area (Å²) in [6, 6.07) is 0. The zero-order valence-corrected chi connectivity index (χ0v) is 17.7. The van der Waals surface area contributed by atoms with Crippen molar-refractivity contribution in [2.24, 2.45) is 4.99 Å². The van der Waals surface area contributed by atoms with Crippen LogP contribution in [-0.2, 0) is 9.47 Å². The van der Waals surface area contributed by atoms with E-state index in [4.69, 9.17) is 9.47 Å². The Morgan fingerprint density at radius 1 is 1.04 bits per heavy atom. The second-order valence-corrected chi connectivity index (χ2v) is 5.30. The lowest BCUT2D eigenvalue weighted by Gasteiger charge is -2.17. The maximum Gasteiger partial charge on any atom is 0.191 e. The molecule has 0 saturated heterocycles. The second-order valence-electron chi connectivity index (χ2n) is 5.30. The number of nitrogens with one attached hydrogen (secondary N) is 2. The van der Waals surface area contributed by atoms with Crippen LogP contribution in [0.2, 0.25) is 0 Å². The van der Waals surface area contributed by atoms with Gasteiger partial charge in [-0.15, -0.1) is 24.0 Å². The van der Waals surface area contributed by atoms with Gasteiger partial charge in [0.1, 0.15) is 0 Å². The van der Waals surface area contributed by atoms with Gasteiger partial charge in [-0.2, -0.15) is 0 Å². The minimum Gasteiger partial charge on any atom is -0.382 e. The normalized spacial score (nSPS) is 11.4. The number of nitrogens with zero attached hydrogens (tertiary/aromatic N) is 2. The van der Waals surface area contributed by atoms with Gasteiger partial charge >= 0.3 is 0 Å². The Kier molecular flexibility index (Phi) is 21.8. The first-order valence-electron chi connectivity index (χ1n) is 8.52. The largest absolute Gasteiger partial charge is 0.382 e. The minimum absolute atomic E-state index is 0. The highest BCUT2D eigenvalue weighted by Gasteiger charge is 1.99. The fraction of sp³-hybridized carbons (Fsp3) is 0.938. The molecule has 0 radical (unpaired) electrons. The number of halogens is 1. The van der Waals surface area contributed by atoms with Crippen molar-refractivity contribution in [3.8, 4) is 0 Å². The molecule has 6 nitrogen and oxygen atoms in total. The fourth-order valence-corrected chi connectivity index (χ4v) is 1.85. The molecule has 0 saturated carbocycles. The lowest BCUT2D eigenvalue weighted by molar-refractivity contribution is 0.0702. The number of methoxy groups -OCH3 is 1. The van der Waals surface area contributed by atoms with E-state index in [2.05, 4.69) is 41.4 Å². The van der Waals surface area contributed by atoms with E-state index in [0.717, 1.165) is 51.7 Å². The smallest absolute Gasteiger partial charge is 0.191 e. The number of hydrogen-bond acceptors (Lipinski definition) is 4. The average molecular weight is 444 g/mol. The molecule has 0 bridgehead atoms. The summed E-state index contributed by atoms with van der Waals surface area (Å²) in [7, 11) is 3.85. The fourth-order valence-electron chi connectivity index (χ4n) is 1.85. The standard InChI is InChI=1S/C16H36N4O2.HI/c1-5-7-11-20(3)12-10-19-16(17-6-2)18-9-8-13-22-15-14-21-4;/h5-15H2,1-4H3,(H2,17,18,19);1H. The van der Waals surface area contributed by atoms with Crippen molar-refractivity contribution in [3.05, 3.63) is 0 Å². The highest BCUT2D eigenvalue weighted by atomic mass is 127. The summed E-state index contributed by atoms with van der Waals surface area (Å²) in [4.78, 5) is 6.91. The third-order valence-electron chi connectivity index (χ3n) is 3.17. The molecule has 0 amide bonds. The number of aliphatic imine (C=N–C) groups is 1. The molecule has 0 atom stereocenters. The molecule has 0 aromatic heterocycles. The Morgan fingerprint density at radius 3 is 2.48 bits per heavy atom. The topological polar surface area (TPSA) is 58.1 Å². The van der Waals surface area contributed by atoms with Crippen LogP contribution in [0.4, 0.5) is 0 Å². The van der Waals surface area contributed by atoms with Crippen LogP contribution in [0.3, 0.4) is 0 Å². The number of guanidine groups is 1. The molecule has 23 heavy (non-hydrogen) atoms. The van der Waals surface area contributed by atoms with Gasteiger partial charge in [0.05, 0.1) is 13.2 Å². The molecule has 0 unspecified atom stereocenters. The number of hydrogen-bond donors (Lipinski definition) is 2. The molecule has 0 spiro atoms. The maximum absolute atomic E-state index is 5.42. The third kappa shape index (κ3) is 18.1. The van der Waals surface area contributed by atoms with Crippen molar-refractivity contribution in [1.82, 2.24) is 15.5 Å². The van der Waals surface area contributed by atoms with Gasteiger partial charge in [-0.3, -0.25) is 4.99 Å². The van der Waals surface area contributed by atoms with E-state index in [0.29, 0.717) is 13.2 Å². The minimum atomic E-state index is 0. The van der Waals surface area contributed by atoms with Gasteiger partial charge in [-0.25, -0.2) is 0 Å². The molecule has 0 aliphatic heterocycles. The van der Waals surface area contributed by atoms with Gasteiger partial charge in [0, 0.05) is 39.9 Å². The van der Waals surface area contributed by atoms with E-state index in [-0.39, 0.29) is 24.0 Å². The summed E-state index contributed by atoms with van der Waals surface area (Å²) in [5, 5.41) is 6.65. The first-order chi connectivity index (χ1) is 10.7. The van der Waals surface area contributed by atoms with E-state index in [1.54, 1.807) is 7.11 Å². The predicted molar refractivity (Wildman–Crippen MR) is 109 cm³/mol. The molecule has 0 aliphatic carbocycles. The third-order valence-corrected chi connectivity index (χ3v) is 3.17. The van der Waals surface area contributed by atoms with Crippen LogP contribution in [0.15, 0.2) is 4.99 Å². The first kappa shape index (κ1) is 25.1. The molecular formula is C16H37IN4O2. The molecule has 7 heteroatoms.